The highest BCUT2D eigenvalue weighted by Crippen LogP contribution is 2.35. The van der Waals surface area contributed by atoms with E-state index in [9.17, 15) is 18.3 Å². The number of fused-ring (bicyclic) bond motifs is 1. The van der Waals surface area contributed by atoms with Gasteiger partial charge in [0, 0.05) is 12.5 Å². The molecule has 19 heavy (non-hydrogen) atoms. The van der Waals surface area contributed by atoms with Gasteiger partial charge in [-0.15, -0.1) is 0 Å². The molecule has 1 heterocycles. The van der Waals surface area contributed by atoms with Crippen molar-refractivity contribution in [3.8, 4) is 0 Å². The van der Waals surface area contributed by atoms with Crippen molar-refractivity contribution in [2.75, 3.05) is 4.31 Å². The van der Waals surface area contributed by atoms with Crippen LogP contribution in [0.25, 0.3) is 0 Å². The van der Waals surface area contributed by atoms with Gasteiger partial charge in [-0.05, 0) is 24.5 Å². The van der Waals surface area contributed by atoms with Gasteiger partial charge in [-0.3, -0.25) is 0 Å². The molecule has 0 radical (unpaired) electrons. The number of aliphatic carboxylic acids is 1. The number of rotatable bonds is 4. The lowest BCUT2D eigenvalue weighted by Gasteiger charge is -2.24. The first-order valence-electron chi connectivity index (χ1n) is 6.11. The molecular weight excluding hydrogens is 268 g/mol. The average molecular weight is 282 g/mol. The van der Waals surface area contributed by atoms with E-state index in [1.165, 1.54) is 0 Å². The molecule has 1 unspecified atom stereocenters. The van der Waals surface area contributed by atoms with E-state index in [0.717, 1.165) is 22.7 Å². The molecule has 1 aromatic carbocycles. The molecule has 3 rings (SSSR count). The normalized spacial score (nSPS) is 22.3. The van der Waals surface area contributed by atoms with E-state index in [4.69, 9.17) is 0 Å². The van der Waals surface area contributed by atoms with Crippen LogP contribution in [0.1, 0.15) is 18.4 Å². The summed E-state index contributed by atoms with van der Waals surface area (Å²) in [7, 11) is -3.80. The molecule has 1 aromatic rings. The topological polar surface area (TPSA) is 86.7 Å². The van der Waals surface area contributed by atoms with Gasteiger partial charge in [0.15, 0.2) is 0 Å². The first-order valence-corrected chi connectivity index (χ1v) is 7.55. The molecule has 0 spiro atoms. The quantitative estimate of drug-likeness (QED) is 0.842. The van der Waals surface area contributed by atoms with Crippen LogP contribution in [-0.2, 0) is 21.4 Å². The van der Waals surface area contributed by atoms with E-state index >= 15 is 0 Å². The highest BCUT2D eigenvalue weighted by molar-refractivity contribution is 7.91. The van der Waals surface area contributed by atoms with Crippen LogP contribution in [0.4, 0.5) is 5.69 Å². The van der Waals surface area contributed by atoms with Crippen molar-refractivity contribution in [1.29, 1.82) is 0 Å². The first-order chi connectivity index (χ1) is 8.99. The molecule has 1 fully saturated rings. The van der Waals surface area contributed by atoms with Gasteiger partial charge in [-0.2, -0.15) is 13.1 Å². The Morgan fingerprint density at radius 2 is 2.00 bits per heavy atom. The summed E-state index contributed by atoms with van der Waals surface area (Å²) in [5.74, 6) is -1.13. The van der Waals surface area contributed by atoms with E-state index in [-0.39, 0.29) is 12.5 Å². The second kappa shape index (κ2) is 4.21. The number of hydrogen-bond donors (Lipinski definition) is 2. The first kappa shape index (κ1) is 12.4. The SMILES string of the molecule is O=C(O)C1Cc2ccccc2N1S(=O)(=O)NC1CC1. The molecule has 1 atom stereocenters. The third kappa shape index (κ3) is 2.19. The largest absolute Gasteiger partial charge is 0.480 e. The van der Waals surface area contributed by atoms with Crippen molar-refractivity contribution >= 4 is 21.9 Å². The fourth-order valence-electron chi connectivity index (χ4n) is 2.31. The number of nitrogens with zero attached hydrogens (tertiary/aromatic N) is 1. The molecule has 0 aromatic heterocycles. The van der Waals surface area contributed by atoms with Crippen LogP contribution in [0.5, 0.6) is 0 Å². The number of nitrogens with one attached hydrogen (secondary N) is 1. The van der Waals surface area contributed by atoms with Crippen molar-refractivity contribution < 1.29 is 18.3 Å². The number of carboxylic acid groups (broad SMARTS) is 1. The van der Waals surface area contributed by atoms with Crippen molar-refractivity contribution in [3.63, 3.8) is 0 Å². The zero-order valence-electron chi connectivity index (χ0n) is 10.1. The average Bonchev–Trinajstić information content (AvgIpc) is 3.04. The van der Waals surface area contributed by atoms with E-state index in [2.05, 4.69) is 4.72 Å². The number of benzene rings is 1. The Balaban J connectivity index is 2.02. The molecule has 102 valence electrons. The standard InChI is InChI=1S/C12H14N2O4S/c15-12(16)11-7-8-3-1-2-4-10(8)14(11)19(17,18)13-9-5-6-9/h1-4,9,11,13H,5-7H2,(H,15,16). The van der Waals surface area contributed by atoms with Crippen LogP contribution >= 0.6 is 0 Å². The van der Waals surface area contributed by atoms with Crippen LogP contribution in [0.3, 0.4) is 0 Å². The van der Waals surface area contributed by atoms with Crippen LogP contribution in [0.2, 0.25) is 0 Å². The molecule has 6 nitrogen and oxygen atoms in total. The van der Waals surface area contributed by atoms with Crippen molar-refractivity contribution in [2.45, 2.75) is 31.3 Å². The van der Waals surface area contributed by atoms with Gasteiger partial charge < -0.3 is 5.11 Å². The third-order valence-corrected chi connectivity index (χ3v) is 4.96. The fraction of sp³-hybridized carbons (Fsp3) is 0.417. The molecule has 0 saturated heterocycles. The van der Waals surface area contributed by atoms with Crippen molar-refractivity contribution in [1.82, 2.24) is 4.72 Å². The molecule has 7 heteroatoms. The van der Waals surface area contributed by atoms with E-state index in [1.54, 1.807) is 24.3 Å². The molecule has 1 aliphatic carbocycles. The molecule has 1 aliphatic heterocycles. The predicted molar refractivity (Wildman–Crippen MR) is 69.1 cm³/mol. The Bertz CT molecular complexity index is 624. The van der Waals surface area contributed by atoms with Crippen LogP contribution in [-0.4, -0.2) is 31.6 Å². The van der Waals surface area contributed by atoms with Gasteiger partial charge in [0.1, 0.15) is 6.04 Å². The summed E-state index contributed by atoms with van der Waals surface area (Å²) in [6, 6.07) is 5.79. The Morgan fingerprint density at radius 1 is 1.32 bits per heavy atom. The number of anilines is 1. The Kier molecular flexibility index (Phi) is 2.75. The molecule has 2 N–H and O–H groups in total. The lowest BCUT2D eigenvalue weighted by molar-refractivity contribution is -0.138. The smallest absolute Gasteiger partial charge is 0.327 e. The minimum absolute atomic E-state index is 0.0489. The zero-order chi connectivity index (χ0) is 13.6. The lowest BCUT2D eigenvalue weighted by atomic mass is 10.1. The van der Waals surface area contributed by atoms with Gasteiger partial charge >= 0.3 is 16.2 Å². The Morgan fingerprint density at radius 3 is 2.63 bits per heavy atom. The molecule has 2 aliphatic rings. The fourth-order valence-corrected chi connectivity index (χ4v) is 4.02. The van der Waals surface area contributed by atoms with Crippen molar-refractivity contribution in [3.05, 3.63) is 29.8 Å². The van der Waals surface area contributed by atoms with Gasteiger partial charge in [0.25, 0.3) is 0 Å². The lowest BCUT2D eigenvalue weighted by Crippen LogP contribution is -2.48. The molecular formula is C12H14N2O4S. The number of carboxylic acids is 1. The third-order valence-electron chi connectivity index (χ3n) is 3.36. The predicted octanol–water partition coefficient (Wildman–Crippen LogP) is 0.499. The molecule has 0 amide bonds. The Hall–Kier alpha value is -1.60. The number of para-hydroxylation sites is 1. The van der Waals surface area contributed by atoms with Gasteiger partial charge in [-0.25, -0.2) is 9.10 Å². The minimum Gasteiger partial charge on any atom is -0.480 e. The summed E-state index contributed by atoms with van der Waals surface area (Å²) in [5.41, 5.74) is 1.21. The second-order valence-corrected chi connectivity index (χ2v) is 6.46. The minimum atomic E-state index is -3.80. The van der Waals surface area contributed by atoms with Gasteiger partial charge in [0.2, 0.25) is 0 Å². The van der Waals surface area contributed by atoms with Crippen LogP contribution in [0, 0.1) is 0 Å². The zero-order valence-corrected chi connectivity index (χ0v) is 10.9. The maximum atomic E-state index is 12.3. The summed E-state index contributed by atoms with van der Waals surface area (Å²) in [6.45, 7) is 0. The Labute approximate surface area is 111 Å². The highest BCUT2D eigenvalue weighted by Gasteiger charge is 2.43. The summed E-state index contributed by atoms with van der Waals surface area (Å²) >= 11 is 0. The van der Waals surface area contributed by atoms with Crippen LogP contribution in [0.15, 0.2) is 24.3 Å². The summed E-state index contributed by atoms with van der Waals surface area (Å²) in [5, 5.41) is 9.24. The van der Waals surface area contributed by atoms with Gasteiger partial charge in [0.05, 0.1) is 5.69 Å². The van der Waals surface area contributed by atoms with E-state index < -0.39 is 22.2 Å². The summed E-state index contributed by atoms with van der Waals surface area (Å²) in [6.07, 6.45) is 1.83. The highest BCUT2D eigenvalue weighted by atomic mass is 32.2. The van der Waals surface area contributed by atoms with Gasteiger partial charge in [-0.1, -0.05) is 18.2 Å². The van der Waals surface area contributed by atoms with E-state index in [0.29, 0.717) is 5.69 Å². The summed E-state index contributed by atoms with van der Waals surface area (Å²) < 4.78 is 28.2. The summed E-state index contributed by atoms with van der Waals surface area (Å²) in [4.78, 5) is 11.3. The van der Waals surface area contributed by atoms with Crippen molar-refractivity contribution in [2.24, 2.45) is 0 Å². The number of carbonyl (C=O) groups is 1. The maximum absolute atomic E-state index is 12.3. The molecule has 0 bridgehead atoms. The number of hydrogen-bond acceptors (Lipinski definition) is 3. The van der Waals surface area contributed by atoms with Crippen LogP contribution < -0.4 is 9.03 Å². The second-order valence-electron chi connectivity index (χ2n) is 4.88. The monoisotopic (exact) mass is 282 g/mol. The molecule has 1 saturated carbocycles. The maximum Gasteiger partial charge on any atom is 0.327 e. The van der Waals surface area contributed by atoms with E-state index in [1.807, 2.05) is 0 Å².